The lowest BCUT2D eigenvalue weighted by atomic mass is 9.96. The Morgan fingerprint density at radius 3 is 1.74 bits per heavy atom. The van der Waals surface area contributed by atoms with Crippen LogP contribution in [0.2, 0.25) is 0 Å². The van der Waals surface area contributed by atoms with Crippen LogP contribution < -0.4 is 0 Å². The number of benzene rings is 8. The van der Waals surface area contributed by atoms with E-state index in [9.17, 15) is 0 Å². The zero-order valence-corrected chi connectivity index (χ0v) is 34.3. The average Bonchev–Trinajstić information content (AvgIpc) is 3.95. The van der Waals surface area contributed by atoms with Crippen molar-refractivity contribution in [2.45, 2.75) is 0 Å². The van der Waals surface area contributed by atoms with Crippen LogP contribution in [0.15, 0.2) is 218 Å². The van der Waals surface area contributed by atoms with E-state index in [4.69, 9.17) is 15.1 Å². The first-order valence-corrected chi connectivity index (χ1v) is 21.7. The number of hydrogen-bond acceptors (Lipinski definition) is 4. The zero-order valence-electron chi connectivity index (χ0n) is 33.5. The maximum Gasteiger partial charge on any atom is 0.160 e. The summed E-state index contributed by atoms with van der Waals surface area (Å²) < 4.78 is 4.73. The van der Waals surface area contributed by atoms with Crippen LogP contribution in [-0.4, -0.2) is 19.6 Å². The molecule has 0 atom stereocenters. The number of aromatic nitrogens is 4. The number of hydrogen-bond donors (Lipinski definition) is 0. The van der Waals surface area contributed by atoms with Gasteiger partial charge in [0.15, 0.2) is 5.82 Å². The maximum absolute atomic E-state index is 5.41. The SMILES string of the molecule is c1ccc(-c2cc(-c3cccc(-c4cccc5sc6ccccc6c45)c3)nc(-c3ccc(-c4c(-c5ccccc5)nn5c(-c6ccccc6)cc6ccccc6c45)cc3)n2)cc1. The summed E-state index contributed by atoms with van der Waals surface area (Å²) in [6, 6.07) is 77.2. The van der Waals surface area contributed by atoms with E-state index in [0.29, 0.717) is 5.82 Å². The maximum atomic E-state index is 5.41. The lowest BCUT2D eigenvalue weighted by Crippen LogP contribution is -1.96. The second kappa shape index (κ2) is 14.9. The Kier molecular flexibility index (Phi) is 8.65. The van der Waals surface area contributed by atoms with Crippen LogP contribution in [0.4, 0.5) is 0 Å². The molecule has 0 fully saturated rings. The van der Waals surface area contributed by atoms with Crippen LogP contribution in [-0.2, 0) is 0 Å². The van der Waals surface area contributed by atoms with Crippen molar-refractivity contribution >= 4 is 47.8 Å². The Morgan fingerprint density at radius 2 is 0.968 bits per heavy atom. The van der Waals surface area contributed by atoms with Gasteiger partial charge in [0.25, 0.3) is 0 Å². The summed E-state index contributed by atoms with van der Waals surface area (Å²) in [6.07, 6.45) is 0. The van der Waals surface area contributed by atoms with E-state index in [0.717, 1.165) is 78.2 Å². The topological polar surface area (TPSA) is 43.1 Å². The normalized spacial score (nSPS) is 11.5. The van der Waals surface area contributed by atoms with Crippen LogP contribution in [0, 0.1) is 0 Å². The summed E-state index contributed by atoms with van der Waals surface area (Å²) in [4.78, 5) is 10.5. The molecule has 12 aromatic rings. The molecular weight excluding hydrogens is 773 g/mol. The van der Waals surface area contributed by atoms with E-state index in [1.165, 1.54) is 31.1 Å². The molecule has 0 amide bonds. The van der Waals surface area contributed by atoms with E-state index in [1.807, 2.05) is 17.4 Å². The van der Waals surface area contributed by atoms with Crippen molar-refractivity contribution in [3.8, 4) is 78.7 Å². The molecule has 4 nitrogen and oxygen atoms in total. The first-order chi connectivity index (χ1) is 30.7. The van der Waals surface area contributed by atoms with Gasteiger partial charge in [-0.25, -0.2) is 14.5 Å². The van der Waals surface area contributed by atoms with Gasteiger partial charge in [-0.3, -0.25) is 0 Å². The molecule has 290 valence electrons. The van der Waals surface area contributed by atoms with Gasteiger partial charge in [-0.15, -0.1) is 11.3 Å². The summed E-state index contributed by atoms with van der Waals surface area (Å²) in [7, 11) is 0. The number of nitrogens with zero attached hydrogens (tertiary/aromatic N) is 4. The Balaban J connectivity index is 1.01. The fourth-order valence-electron chi connectivity index (χ4n) is 8.90. The number of fused-ring (bicyclic) bond motifs is 6. The van der Waals surface area contributed by atoms with Crippen molar-refractivity contribution in [3.05, 3.63) is 218 Å². The molecule has 0 aliphatic rings. The summed E-state index contributed by atoms with van der Waals surface area (Å²) in [5.74, 6) is 0.671. The van der Waals surface area contributed by atoms with Gasteiger partial charge in [0.1, 0.15) is 5.69 Å². The Hall–Kier alpha value is -7.99. The Bertz CT molecular complexity index is 3610. The molecule has 62 heavy (non-hydrogen) atoms. The minimum atomic E-state index is 0.671. The summed E-state index contributed by atoms with van der Waals surface area (Å²) in [5, 5.41) is 10.3. The van der Waals surface area contributed by atoms with Gasteiger partial charge in [-0.05, 0) is 52.4 Å². The van der Waals surface area contributed by atoms with Crippen LogP contribution in [0.5, 0.6) is 0 Å². The van der Waals surface area contributed by atoms with E-state index in [1.54, 1.807) is 0 Å². The minimum Gasteiger partial charge on any atom is -0.231 e. The fraction of sp³-hybridized carbons (Fsp3) is 0. The molecule has 8 aromatic carbocycles. The van der Waals surface area contributed by atoms with Gasteiger partial charge in [-0.2, -0.15) is 5.10 Å². The largest absolute Gasteiger partial charge is 0.231 e. The van der Waals surface area contributed by atoms with Crippen molar-refractivity contribution in [3.63, 3.8) is 0 Å². The van der Waals surface area contributed by atoms with Gasteiger partial charge < -0.3 is 0 Å². The van der Waals surface area contributed by atoms with Crippen molar-refractivity contribution < 1.29 is 0 Å². The molecular formula is C57H36N4S. The van der Waals surface area contributed by atoms with Gasteiger partial charge in [0, 0.05) is 58.9 Å². The summed E-state index contributed by atoms with van der Waals surface area (Å²) in [6.45, 7) is 0. The predicted octanol–water partition coefficient (Wildman–Crippen LogP) is 15.3. The zero-order chi connectivity index (χ0) is 41.0. The molecule has 0 radical (unpaired) electrons. The average molecular weight is 809 g/mol. The van der Waals surface area contributed by atoms with Crippen molar-refractivity contribution in [2.75, 3.05) is 0 Å². The highest BCUT2D eigenvalue weighted by Crippen LogP contribution is 2.43. The second-order valence-corrected chi connectivity index (χ2v) is 16.7. The monoisotopic (exact) mass is 808 g/mol. The first kappa shape index (κ1) is 35.9. The molecule has 4 heterocycles. The third-order valence-electron chi connectivity index (χ3n) is 11.8. The third kappa shape index (κ3) is 6.18. The molecule has 5 heteroatoms. The van der Waals surface area contributed by atoms with Crippen LogP contribution in [0.1, 0.15) is 0 Å². The smallest absolute Gasteiger partial charge is 0.160 e. The molecule has 0 spiro atoms. The number of pyridine rings is 1. The molecule has 0 saturated heterocycles. The van der Waals surface area contributed by atoms with E-state index >= 15 is 0 Å². The third-order valence-corrected chi connectivity index (χ3v) is 13.0. The highest BCUT2D eigenvalue weighted by Gasteiger charge is 2.22. The van der Waals surface area contributed by atoms with Crippen molar-refractivity contribution in [1.29, 1.82) is 0 Å². The molecule has 4 aromatic heterocycles. The number of rotatable bonds is 7. The predicted molar refractivity (Wildman–Crippen MR) is 259 cm³/mol. The minimum absolute atomic E-state index is 0.671. The Labute approximate surface area is 362 Å². The molecule has 12 rings (SSSR count). The molecule has 0 saturated carbocycles. The molecule has 0 aliphatic heterocycles. The van der Waals surface area contributed by atoms with E-state index in [2.05, 4.69) is 217 Å². The van der Waals surface area contributed by atoms with E-state index < -0.39 is 0 Å². The highest BCUT2D eigenvalue weighted by atomic mass is 32.1. The molecule has 0 N–H and O–H groups in total. The van der Waals surface area contributed by atoms with Crippen molar-refractivity contribution in [2.24, 2.45) is 0 Å². The molecule has 0 unspecified atom stereocenters. The lowest BCUT2D eigenvalue weighted by molar-refractivity contribution is 0.979. The Morgan fingerprint density at radius 1 is 0.387 bits per heavy atom. The van der Waals surface area contributed by atoms with Crippen LogP contribution >= 0.6 is 11.3 Å². The molecule has 0 aliphatic carbocycles. The van der Waals surface area contributed by atoms with Gasteiger partial charge in [0.2, 0.25) is 0 Å². The van der Waals surface area contributed by atoms with Crippen molar-refractivity contribution in [1.82, 2.24) is 19.6 Å². The highest BCUT2D eigenvalue weighted by molar-refractivity contribution is 7.25. The summed E-state index contributed by atoms with van der Waals surface area (Å²) in [5.41, 5.74) is 14.5. The lowest BCUT2D eigenvalue weighted by Gasteiger charge is -2.12. The standard InChI is InChI=1S/C57H36N4S/c1-4-16-37(17-5-1)48-36-49(44-24-14-23-42(34-44)45-27-15-29-52-54(45)47-26-12-13-28-51(47)62-52)59-57(58-48)41-32-30-39(31-33-41)53-55(40-20-8-3-9-21-40)60-61-50(38-18-6-2-7-19-38)35-43-22-10-11-25-46(43)56(53)61/h1-36H. The fourth-order valence-corrected chi connectivity index (χ4v) is 10.0. The van der Waals surface area contributed by atoms with E-state index in [-0.39, 0.29) is 0 Å². The first-order valence-electron chi connectivity index (χ1n) is 20.9. The summed E-state index contributed by atoms with van der Waals surface area (Å²) >= 11 is 1.84. The second-order valence-electron chi connectivity index (χ2n) is 15.6. The quantitative estimate of drug-likeness (QED) is 0.161. The van der Waals surface area contributed by atoms with Gasteiger partial charge in [0.05, 0.1) is 22.6 Å². The van der Waals surface area contributed by atoms with Gasteiger partial charge in [-0.1, -0.05) is 188 Å². The molecule has 0 bridgehead atoms. The van der Waals surface area contributed by atoms with Crippen LogP contribution in [0.3, 0.4) is 0 Å². The number of thiophene rings is 1. The van der Waals surface area contributed by atoms with Gasteiger partial charge >= 0.3 is 0 Å². The van der Waals surface area contributed by atoms with Crippen LogP contribution in [0.25, 0.3) is 115 Å².